The number of hydrogen-bond donors (Lipinski definition) is 3. The van der Waals surface area contributed by atoms with E-state index in [4.69, 9.17) is 10.3 Å². The molecule has 114 valence electrons. The van der Waals surface area contributed by atoms with E-state index < -0.39 is 48.5 Å². The normalized spacial score (nSPS) is 31.9. The first-order chi connectivity index (χ1) is 9.91. The molecule has 11 heteroatoms. The van der Waals surface area contributed by atoms with Crippen LogP contribution in [0.25, 0.3) is 10.4 Å². The van der Waals surface area contributed by atoms with Crippen LogP contribution in [0.4, 0.5) is 4.39 Å². The first-order valence-corrected chi connectivity index (χ1v) is 5.86. The number of alkyl halides is 1. The van der Waals surface area contributed by atoms with Crippen molar-refractivity contribution in [2.24, 2.45) is 5.11 Å². The van der Waals surface area contributed by atoms with Crippen molar-refractivity contribution in [3.05, 3.63) is 43.5 Å². The fourth-order valence-corrected chi connectivity index (χ4v) is 2.19. The van der Waals surface area contributed by atoms with Crippen LogP contribution < -0.4 is 11.2 Å². The Morgan fingerprint density at radius 2 is 2.38 bits per heavy atom. The van der Waals surface area contributed by atoms with Crippen molar-refractivity contribution in [2.75, 3.05) is 13.3 Å². The highest BCUT2D eigenvalue weighted by Crippen LogP contribution is 2.45. The third-order valence-electron chi connectivity index (χ3n) is 3.39. The third kappa shape index (κ3) is 2.32. The lowest BCUT2D eigenvalue weighted by Crippen LogP contribution is -2.54. The van der Waals surface area contributed by atoms with Gasteiger partial charge in [-0.15, -0.1) is 0 Å². The number of nitrogens with one attached hydrogen (secondary N) is 1. The van der Waals surface area contributed by atoms with Crippen LogP contribution in [0, 0.1) is 0 Å². The van der Waals surface area contributed by atoms with Gasteiger partial charge in [0.2, 0.25) is 0 Å². The predicted molar refractivity (Wildman–Crippen MR) is 65.9 cm³/mol. The number of ether oxygens (including phenoxy) is 1. The van der Waals surface area contributed by atoms with Crippen molar-refractivity contribution in [3.8, 4) is 0 Å². The van der Waals surface area contributed by atoms with Gasteiger partial charge in [-0.05, 0) is 5.53 Å². The Hall–Kier alpha value is -2.20. The largest absolute Gasteiger partial charge is 0.393 e. The minimum Gasteiger partial charge on any atom is -0.393 e. The number of H-pyrrole nitrogens is 1. The summed E-state index contributed by atoms with van der Waals surface area (Å²) in [7, 11) is 0. The molecule has 0 radical (unpaired) electrons. The molecule has 1 aliphatic rings. The van der Waals surface area contributed by atoms with E-state index in [1.54, 1.807) is 0 Å². The second-order valence-corrected chi connectivity index (χ2v) is 4.59. The van der Waals surface area contributed by atoms with Crippen molar-refractivity contribution in [1.29, 1.82) is 0 Å². The number of aliphatic hydroxyl groups excluding tert-OH is 1. The molecule has 1 aliphatic heterocycles. The summed E-state index contributed by atoms with van der Waals surface area (Å²) in [5, 5.41) is 22.6. The van der Waals surface area contributed by atoms with Gasteiger partial charge in [-0.25, -0.2) is 9.18 Å². The van der Waals surface area contributed by atoms with Crippen molar-refractivity contribution >= 4 is 0 Å². The molecule has 1 saturated heterocycles. The van der Waals surface area contributed by atoms with Crippen LogP contribution in [-0.2, 0) is 4.74 Å². The van der Waals surface area contributed by atoms with Crippen LogP contribution in [0.5, 0.6) is 0 Å². The molecule has 10 nitrogen and oxygen atoms in total. The van der Waals surface area contributed by atoms with Gasteiger partial charge in [0.1, 0.15) is 12.9 Å². The smallest absolute Gasteiger partial charge is 0.330 e. The zero-order valence-corrected chi connectivity index (χ0v) is 10.6. The van der Waals surface area contributed by atoms with Crippen molar-refractivity contribution in [2.45, 2.75) is 24.0 Å². The van der Waals surface area contributed by atoms with Gasteiger partial charge in [-0.1, -0.05) is 5.11 Å². The second kappa shape index (κ2) is 5.30. The maximum absolute atomic E-state index is 13.3. The zero-order chi connectivity index (χ0) is 15.7. The van der Waals surface area contributed by atoms with Gasteiger partial charge in [-0.3, -0.25) is 14.3 Å². The number of aromatic nitrogens is 2. The van der Waals surface area contributed by atoms with Crippen molar-refractivity contribution < 1.29 is 19.3 Å². The van der Waals surface area contributed by atoms with Gasteiger partial charge in [0.05, 0.1) is 6.61 Å². The number of nitrogens with zero attached hydrogens (tertiary/aromatic N) is 4. The molecule has 0 aliphatic carbocycles. The highest BCUT2D eigenvalue weighted by molar-refractivity contribution is 5.06. The molecule has 0 amide bonds. The van der Waals surface area contributed by atoms with E-state index in [2.05, 4.69) is 10.0 Å². The molecule has 1 aromatic rings. The number of aromatic amines is 1. The molecule has 1 aromatic heterocycles. The van der Waals surface area contributed by atoms with Crippen LogP contribution in [-0.4, -0.2) is 44.4 Å². The Kier molecular flexibility index (Phi) is 3.83. The third-order valence-corrected chi connectivity index (χ3v) is 3.39. The van der Waals surface area contributed by atoms with Gasteiger partial charge < -0.3 is 14.9 Å². The van der Waals surface area contributed by atoms with Crippen molar-refractivity contribution in [3.63, 3.8) is 0 Å². The molecule has 1 fully saturated rings. The van der Waals surface area contributed by atoms with Crippen LogP contribution in [0.2, 0.25) is 0 Å². The Bertz CT molecular complexity index is 692. The Balaban J connectivity index is 2.49. The summed E-state index contributed by atoms with van der Waals surface area (Å²) in [4.78, 5) is 27.1. The molecule has 0 aromatic carbocycles. The fourth-order valence-electron chi connectivity index (χ4n) is 2.19. The van der Waals surface area contributed by atoms with E-state index in [9.17, 15) is 24.2 Å². The SMILES string of the molecule is [N-]=[N+]=NC1(O)C[C@H](n2ccc(=O)[nH]c2=O)O[C@@]1(CO)CF. The lowest BCUT2D eigenvalue weighted by Gasteiger charge is -2.33. The molecule has 3 N–H and O–H groups in total. The van der Waals surface area contributed by atoms with Gasteiger partial charge >= 0.3 is 5.69 Å². The maximum Gasteiger partial charge on any atom is 0.330 e. The summed E-state index contributed by atoms with van der Waals surface area (Å²) in [6.07, 6.45) is -0.589. The van der Waals surface area contributed by atoms with E-state index in [1.807, 2.05) is 4.98 Å². The standard InChI is InChI=1S/C10H12FN5O5/c11-4-9(5-17)10(20,14-15-12)3-7(21-9)16-2-1-6(18)13-8(16)19/h1-2,7,17,20H,3-5H2,(H,13,18,19)/t7-,9-,10?/m1/s1. The van der Waals surface area contributed by atoms with E-state index >= 15 is 0 Å². The van der Waals surface area contributed by atoms with Crippen LogP contribution in [0.3, 0.4) is 0 Å². The summed E-state index contributed by atoms with van der Waals surface area (Å²) >= 11 is 0. The fraction of sp³-hybridized carbons (Fsp3) is 0.600. The topological polar surface area (TPSA) is 153 Å². The molecule has 0 spiro atoms. The molecule has 0 saturated carbocycles. The number of aliphatic hydroxyl groups is 2. The van der Waals surface area contributed by atoms with Crippen LogP contribution >= 0.6 is 0 Å². The minimum absolute atomic E-state index is 0.465. The Morgan fingerprint density at radius 3 is 2.90 bits per heavy atom. The van der Waals surface area contributed by atoms with Crippen LogP contribution in [0.15, 0.2) is 27.0 Å². The summed E-state index contributed by atoms with van der Waals surface area (Å²) < 4.78 is 19.4. The summed E-state index contributed by atoms with van der Waals surface area (Å²) in [6, 6.07) is 1.03. The molecular weight excluding hydrogens is 289 g/mol. The molecule has 3 atom stereocenters. The second-order valence-electron chi connectivity index (χ2n) is 4.59. The summed E-state index contributed by atoms with van der Waals surface area (Å²) in [5.74, 6) is 0. The van der Waals surface area contributed by atoms with E-state index in [1.165, 1.54) is 0 Å². The number of rotatable bonds is 4. The van der Waals surface area contributed by atoms with Gasteiger partial charge in [0.25, 0.3) is 5.56 Å². The van der Waals surface area contributed by atoms with Gasteiger partial charge in [-0.2, -0.15) is 0 Å². The first-order valence-electron chi connectivity index (χ1n) is 5.86. The van der Waals surface area contributed by atoms with E-state index in [0.717, 1.165) is 16.8 Å². The number of azide groups is 1. The lowest BCUT2D eigenvalue weighted by atomic mass is 9.92. The average molecular weight is 301 g/mol. The molecule has 1 unspecified atom stereocenters. The highest BCUT2D eigenvalue weighted by atomic mass is 19.1. The maximum atomic E-state index is 13.3. The molecule has 21 heavy (non-hydrogen) atoms. The summed E-state index contributed by atoms with van der Waals surface area (Å²) in [6.45, 7) is -2.30. The molecule has 2 rings (SSSR count). The molecule has 0 bridgehead atoms. The Morgan fingerprint density at radius 1 is 1.67 bits per heavy atom. The van der Waals surface area contributed by atoms with Gasteiger partial charge in [0, 0.05) is 23.6 Å². The van der Waals surface area contributed by atoms with Crippen LogP contribution in [0.1, 0.15) is 12.6 Å². The predicted octanol–water partition coefficient (Wildman–Crippen LogP) is -0.845. The monoisotopic (exact) mass is 301 g/mol. The van der Waals surface area contributed by atoms with E-state index in [0.29, 0.717) is 0 Å². The van der Waals surface area contributed by atoms with Crippen molar-refractivity contribution in [1.82, 2.24) is 9.55 Å². The Labute approximate surface area is 116 Å². The molecular formula is C10H12FN5O5. The number of halogens is 1. The zero-order valence-electron chi connectivity index (χ0n) is 10.6. The summed E-state index contributed by atoms with van der Waals surface area (Å²) in [5.41, 5.74) is 2.45. The lowest BCUT2D eigenvalue weighted by molar-refractivity contribution is -0.171. The first kappa shape index (κ1) is 15.2. The quantitative estimate of drug-likeness (QED) is 0.375. The minimum atomic E-state index is -2.37. The van der Waals surface area contributed by atoms with Gasteiger partial charge in [0.15, 0.2) is 11.3 Å². The molecule has 2 heterocycles. The number of hydrogen-bond acceptors (Lipinski definition) is 6. The van der Waals surface area contributed by atoms with E-state index in [-0.39, 0.29) is 0 Å². The highest BCUT2D eigenvalue weighted by Gasteiger charge is 2.60. The average Bonchev–Trinajstić information content (AvgIpc) is 2.72.